The van der Waals surface area contributed by atoms with Crippen LogP contribution in [0.1, 0.15) is 44.2 Å². The topological polar surface area (TPSA) is 81.9 Å². The van der Waals surface area contributed by atoms with Crippen molar-refractivity contribution in [2.45, 2.75) is 38.6 Å². The number of tetrazole rings is 1. The molecule has 124 valence electrons. The Morgan fingerprint density at radius 3 is 3.08 bits per heavy atom. The molecule has 1 aliphatic carbocycles. The molecule has 4 rings (SSSR count). The number of allylic oxidation sites excluding steroid dienone is 2. The van der Waals surface area contributed by atoms with Crippen LogP contribution >= 0.6 is 0 Å². The molecule has 0 unspecified atom stereocenters. The monoisotopic (exact) mass is 325 g/mol. The molecule has 0 fully saturated rings. The van der Waals surface area contributed by atoms with Gasteiger partial charge in [0.05, 0.1) is 6.61 Å². The molecule has 7 nitrogen and oxygen atoms in total. The Hall–Kier alpha value is -2.70. The molecule has 1 aromatic carbocycles. The van der Waals surface area contributed by atoms with Crippen LogP contribution in [0.5, 0.6) is 5.75 Å². The van der Waals surface area contributed by atoms with Gasteiger partial charge in [-0.15, -0.1) is 0 Å². The summed E-state index contributed by atoms with van der Waals surface area (Å²) in [4.78, 5) is 12.6. The van der Waals surface area contributed by atoms with Crippen molar-refractivity contribution in [1.29, 1.82) is 0 Å². The number of hydrogen-bond acceptors (Lipinski definition) is 6. The molecule has 0 saturated heterocycles. The number of rotatable bonds is 4. The van der Waals surface area contributed by atoms with Crippen LogP contribution in [-0.4, -0.2) is 32.6 Å². The van der Waals surface area contributed by atoms with Crippen molar-refractivity contribution in [1.82, 2.24) is 20.2 Å². The summed E-state index contributed by atoms with van der Waals surface area (Å²) in [7, 11) is 0. The Kier molecular flexibility index (Phi) is 3.76. The Labute approximate surface area is 139 Å². The second kappa shape index (κ2) is 6.07. The summed E-state index contributed by atoms with van der Waals surface area (Å²) in [6.45, 7) is 2.70. The number of aromatic nitrogens is 4. The van der Waals surface area contributed by atoms with E-state index in [1.807, 2.05) is 24.3 Å². The zero-order valence-corrected chi connectivity index (χ0v) is 13.5. The van der Waals surface area contributed by atoms with Crippen LogP contribution < -0.4 is 10.1 Å². The maximum atomic E-state index is 12.6. The normalized spacial score (nSPS) is 19.5. The number of carbonyl (C=O) groups is 1. The molecule has 0 saturated carbocycles. The number of benzene rings is 1. The molecule has 1 N–H and O–H groups in total. The predicted octanol–water partition coefficient (Wildman–Crippen LogP) is 2.48. The van der Waals surface area contributed by atoms with Crippen LogP contribution in [0, 0.1) is 0 Å². The molecule has 24 heavy (non-hydrogen) atoms. The highest BCUT2D eigenvalue weighted by Gasteiger charge is 2.37. The van der Waals surface area contributed by atoms with Crippen LogP contribution in [0.15, 0.2) is 35.5 Å². The standard InChI is InChI=1S/C17H19N5O2/c1-2-10-24-14-9-4-3-6-11(14)16-15-12(7-5-8-13(15)23)18-17-19-20-21-22(16)17/h3-4,6,9,16H,2,5,7-8,10H2,1H3,(H,18,19,21)/t16-/m0/s1. The first-order valence-electron chi connectivity index (χ1n) is 8.32. The molecule has 7 heteroatoms. The number of carbonyl (C=O) groups excluding carboxylic acids is 1. The van der Waals surface area contributed by atoms with E-state index in [0.717, 1.165) is 41.8 Å². The van der Waals surface area contributed by atoms with Gasteiger partial charge in [0.15, 0.2) is 5.78 Å². The lowest BCUT2D eigenvalue weighted by atomic mass is 9.85. The minimum Gasteiger partial charge on any atom is -0.493 e. The summed E-state index contributed by atoms with van der Waals surface area (Å²) in [5.74, 6) is 1.50. The molecule has 0 bridgehead atoms. The smallest absolute Gasteiger partial charge is 0.248 e. The lowest BCUT2D eigenvalue weighted by molar-refractivity contribution is -0.116. The van der Waals surface area contributed by atoms with Gasteiger partial charge < -0.3 is 10.1 Å². The van der Waals surface area contributed by atoms with Crippen molar-refractivity contribution in [3.05, 3.63) is 41.1 Å². The van der Waals surface area contributed by atoms with E-state index in [2.05, 4.69) is 27.8 Å². The molecular weight excluding hydrogens is 306 g/mol. The first-order chi connectivity index (χ1) is 11.8. The molecule has 1 atom stereocenters. The first kappa shape index (κ1) is 14.9. The predicted molar refractivity (Wildman–Crippen MR) is 87.7 cm³/mol. The third-order valence-electron chi connectivity index (χ3n) is 4.40. The van der Waals surface area contributed by atoms with Crippen molar-refractivity contribution >= 4 is 11.7 Å². The third-order valence-corrected chi connectivity index (χ3v) is 4.40. The van der Waals surface area contributed by atoms with Crippen LogP contribution in [0.4, 0.5) is 5.95 Å². The van der Waals surface area contributed by atoms with Gasteiger partial charge in [-0.2, -0.15) is 4.68 Å². The maximum Gasteiger partial charge on any atom is 0.248 e. The van der Waals surface area contributed by atoms with Gasteiger partial charge in [0.2, 0.25) is 5.95 Å². The second-order valence-corrected chi connectivity index (χ2v) is 6.03. The van der Waals surface area contributed by atoms with E-state index < -0.39 is 0 Å². The van der Waals surface area contributed by atoms with Crippen LogP contribution in [-0.2, 0) is 4.79 Å². The number of fused-ring (bicyclic) bond motifs is 1. The molecule has 2 aliphatic rings. The van der Waals surface area contributed by atoms with E-state index in [0.29, 0.717) is 19.0 Å². The summed E-state index contributed by atoms with van der Waals surface area (Å²) in [5.41, 5.74) is 2.61. The Morgan fingerprint density at radius 1 is 1.33 bits per heavy atom. The summed E-state index contributed by atoms with van der Waals surface area (Å²) < 4.78 is 7.59. The number of nitrogens with zero attached hydrogens (tertiary/aromatic N) is 4. The minimum absolute atomic E-state index is 0.153. The number of para-hydroxylation sites is 1. The van der Waals surface area contributed by atoms with Gasteiger partial charge in [-0.1, -0.05) is 30.2 Å². The van der Waals surface area contributed by atoms with Crippen molar-refractivity contribution in [2.75, 3.05) is 11.9 Å². The van der Waals surface area contributed by atoms with Gasteiger partial charge in [-0.25, -0.2) is 0 Å². The first-order valence-corrected chi connectivity index (χ1v) is 8.32. The summed E-state index contributed by atoms with van der Waals surface area (Å²) in [6, 6.07) is 7.47. The fraction of sp³-hybridized carbons (Fsp3) is 0.412. The number of hydrogen-bond donors (Lipinski definition) is 1. The summed E-state index contributed by atoms with van der Waals surface area (Å²) in [6.07, 6.45) is 3.17. The van der Waals surface area contributed by atoms with Gasteiger partial charge in [0, 0.05) is 23.3 Å². The highest BCUT2D eigenvalue weighted by molar-refractivity contribution is 5.99. The van der Waals surface area contributed by atoms with Crippen molar-refractivity contribution in [3.8, 4) is 5.75 Å². The van der Waals surface area contributed by atoms with E-state index in [9.17, 15) is 4.79 Å². The van der Waals surface area contributed by atoms with Crippen molar-refractivity contribution < 1.29 is 9.53 Å². The average molecular weight is 325 g/mol. The summed E-state index contributed by atoms with van der Waals surface area (Å²) >= 11 is 0. The number of Topliss-reactive ketones (excluding diaryl/α,β-unsaturated/α-hetero) is 1. The highest BCUT2D eigenvalue weighted by Crippen LogP contribution is 2.42. The molecule has 0 amide bonds. The number of anilines is 1. The van der Waals surface area contributed by atoms with Gasteiger partial charge in [-0.05, 0) is 35.8 Å². The molecule has 2 heterocycles. The Balaban J connectivity index is 1.86. The van der Waals surface area contributed by atoms with E-state index in [1.165, 1.54) is 0 Å². The Morgan fingerprint density at radius 2 is 2.21 bits per heavy atom. The summed E-state index contributed by atoms with van der Waals surface area (Å²) in [5, 5.41) is 15.1. The molecule has 1 aromatic heterocycles. The van der Waals surface area contributed by atoms with Crippen molar-refractivity contribution in [2.24, 2.45) is 0 Å². The van der Waals surface area contributed by atoms with E-state index in [-0.39, 0.29) is 11.8 Å². The van der Waals surface area contributed by atoms with Gasteiger partial charge in [-0.3, -0.25) is 4.79 Å². The molecule has 0 radical (unpaired) electrons. The highest BCUT2D eigenvalue weighted by atomic mass is 16.5. The molecule has 0 spiro atoms. The quantitative estimate of drug-likeness (QED) is 0.930. The van der Waals surface area contributed by atoms with Gasteiger partial charge in [0.25, 0.3) is 0 Å². The van der Waals surface area contributed by atoms with Crippen LogP contribution in [0.25, 0.3) is 0 Å². The Bertz CT molecular complexity index is 811. The van der Waals surface area contributed by atoms with Crippen LogP contribution in [0.2, 0.25) is 0 Å². The van der Waals surface area contributed by atoms with E-state index in [4.69, 9.17) is 4.74 Å². The third kappa shape index (κ3) is 2.36. The number of nitrogens with one attached hydrogen (secondary N) is 1. The largest absolute Gasteiger partial charge is 0.493 e. The fourth-order valence-corrected chi connectivity index (χ4v) is 3.35. The molecule has 1 aliphatic heterocycles. The van der Waals surface area contributed by atoms with Gasteiger partial charge in [0.1, 0.15) is 11.8 Å². The molecule has 2 aromatic rings. The van der Waals surface area contributed by atoms with E-state index >= 15 is 0 Å². The zero-order valence-electron chi connectivity index (χ0n) is 13.5. The van der Waals surface area contributed by atoms with Crippen LogP contribution in [0.3, 0.4) is 0 Å². The number of ketones is 1. The minimum atomic E-state index is -0.341. The van der Waals surface area contributed by atoms with E-state index in [1.54, 1.807) is 4.68 Å². The average Bonchev–Trinajstić information content (AvgIpc) is 3.07. The lowest BCUT2D eigenvalue weighted by Gasteiger charge is -2.32. The van der Waals surface area contributed by atoms with Crippen molar-refractivity contribution in [3.63, 3.8) is 0 Å². The number of ether oxygens (including phenoxy) is 1. The zero-order chi connectivity index (χ0) is 16.5. The SMILES string of the molecule is CCCOc1ccccc1[C@H]1C2=C(CCCC2=O)Nc2nnnn21. The fourth-order valence-electron chi connectivity index (χ4n) is 3.35. The lowest BCUT2D eigenvalue weighted by Crippen LogP contribution is -2.31. The molecular formula is C17H19N5O2. The maximum absolute atomic E-state index is 12.6. The van der Waals surface area contributed by atoms with Gasteiger partial charge >= 0.3 is 0 Å². The second-order valence-electron chi connectivity index (χ2n) is 6.03.